The highest BCUT2D eigenvalue weighted by atomic mass is 79.9. The Morgan fingerprint density at radius 2 is 2.00 bits per heavy atom. The summed E-state index contributed by atoms with van der Waals surface area (Å²) < 4.78 is 12.4. The molecule has 1 aromatic heterocycles. The van der Waals surface area contributed by atoms with Crippen LogP contribution in [0.15, 0.2) is 52.1 Å². The predicted octanol–water partition coefficient (Wildman–Crippen LogP) is 4.92. The van der Waals surface area contributed by atoms with Gasteiger partial charge in [0.15, 0.2) is 11.9 Å². The first-order chi connectivity index (χ1) is 13.2. The van der Waals surface area contributed by atoms with Gasteiger partial charge in [-0.1, -0.05) is 34.6 Å². The summed E-state index contributed by atoms with van der Waals surface area (Å²) in [7, 11) is 1.65. The fraction of sp³-hybridized carbons (Fsp3) is 0.211. The van der Waals surface area contributed by atoms with Crippen LogP contribution < -0.4 is 14.8 Å². The van der Waals surface area contributed by atoms with E-state index in [2.05, 4.69) is 43.4 Å². The van der Waals surface area contributed by atoms with E-state index in [0.717, 1.165) is 32.8 Å². The summed E-state index contributed by atoms with van der Waals surface area (Å²) in [5.74, 6) is 2.12. The molecule has 1 N–H and O–H groups in total. The standard InChI is InChI=1S/C19H17BrN4O2S/c1-3-27-19-22-18-16(23-24-19)14-10-12(20)6-9-15(14)21-17(26-18)11-4-7-13(25-2)8-5-11/h4-10,17,21H,3H2,1-2H3/t17-/m1/s1. The van der Waals surface area contributed by atoms with Crippen molar-refractivity contribution in [2.45, 2.75) is 18.3 Å². The molecule has 138 valence electrons. The highest BCUT2D eigenvalue weighted by Crippen LogP contribution is 2.40. The van der Waals surface area contributed by atoms with Crippen LogP contribution in [0.5, 0.6) is 11.6 Å². The second kappa shape index (κ2) is 7.74. The number of halogens is 1. The number of fused-ring (bicyclic) bond motifs is 3. The van der Waals surface area contributed by atoms with Crippen LogP contribution in [0.3, 0.4) is 0 Å². The maximum absolute atomic E-state index is 6.23. The van der Waals surface area contributed by atoms with Crippen LogP contribution in [-0.4, -0.2) is 28.0 Å². The highest BCUT2D eigenvalue weighted by molar-refractivity contribution is 9.10. The van der Waals surface area contributed by atoms with Crippen LogP contribution in [0, 0.1) is 0 Å². The van der Waals surface area contributed by atoms with Gasteiger partial charge in [-0.3, -0.25) is 0 Å². The molecular formula is C19H17BrN4O2S. The molecule has 0 aliphatic carbocycles. The van der Waals surface area contributed by atoms with Crippen molar-refractivity contribution in [1.82, 2.24) is 15.2 Å². The Kier molecular flexibility index (Phi) is 5.18. The van der Waals surface area contributed by atoms with E-state index in [0.29, 0.717) is 16.7 Å². The number of hydrogen-bond donors (Lipinski definition) is 1. The third-order valence-electron chi connectivity index (χ3n) is 4.08. The van der Waals surface area contributed by atoms with Gasteiger partial charge in [0.2, 0.25) is 11.0 Å². The largest absolute Gasteiger partial charge is 0.497 e. The van der Waals surface area contributed by atoms with E-state index in [1.165, 1.54) is 11.8 Å². The molecule has 0 unspecified atom stereocenters. The summed E-state index contributed by atoms with van der Waals surface area (Å²) in [5, 5.41) is 12.7. The van der Waals surface area contributed by atoms with Gasteiger partial charge in [0.25, 0.3) is 0 Å². The molecule has 27 heavy (non-hydrogen) atoms. The molecule has 8 heteroatoms. The van der Waals surface area contributed by atoms with Crippen molar-refractivity contribution < 1.29 is 9.47 Å². The quantitative estimate of drug-likeness (QED) is 0.572. The minimum absolute atomic E-state index is 0.409. The van der Waals surface area contributed by atoms with E-state index in [9.17, 15) is 0 Å². The average molecular weight is 445 g/mol. The number of methoxy groups -OCH3 is 1. The van der Waals surface area contributed by atoms with Crippen molar-refractivity contribution in [2.75, 3.05) is 18.2 Å². The van der Waals surface area contributed by atoms with Crippen LogP contribution >= 0.6 is 27.7 Å². The van der Waals surface area contributed by atoms with E-state index in [-0.39, 0.29) is 0 Å². The molecule has 0 saturated carbocycles. The van der Waals surface area contributed by atoms with E-state index < -0.39 is 6.23 Å². The molecule has 0 fully saturated rings. The molecule has 1 atom stereocenters. The third-order valence-corrected chi connectivity index (χ3v) is 5.29. The molecule has 0 spiro atoms. The number of aromatic nitrogens is 3. The predicted molar refractivity (Wildman–Crippen MR) is 109 cm³/mol. The second-order valence-electron chi connectivity index (χ2n) is 5.79. The van der Waals surface area contributed by atoms with Gasteiger partial charge < -0.3 is 14.8 Å². The smallest absolute Gasteiger partial charge is 0.247 e. The number of anilines is 1. The molecule has 0 saturated heterocycles. The average Bonchev–Trinajstić information content (AvgIpc) is 2.84. The third kappa shape index (κ3) is 3.72. The number of ether oxygens (including phenoxy) is 2. The lowest BCUT2D eigenvalue weighted by atomic mass is 10.1. The summed E-state index contributed by atoms with van der Waals surface area (Å²) in [6.45, 7) is 2.05. The van der Waals surface area contributed by atoms with Gasteiger partial charge in [0.05, 0.1) is 7.11 Å². The molecule has 1 aliphatic rings. The van der Waals surface area contributed by atoms with Crippen LogP contribution in [0.4, 0.5) is 5.69 Å². The Hall–Kier alpha value is -2.32. The molecule has 2 heterocycles. The van der Waals surface area contributed by atoms with Gasteiger partial charge in [-0.25, -0.2) is 0 Å². The number of benzene rings is 2. The molecule has 0 bridgehead atoms. The number of thioether (sulfide) groups is 1. The Labute approximate surface area is 169 Å². The molecular weight excluding hydrogens is 428 g/mol. The van der Waals surface area contributed by atoms with E-state index in [4.69, 9.17) is 9.47 Å². The van der Waals surface area contributed by atoms with Crippen molar-refractivity contribution in [1.29, 1.82) is 0 Å². The van der Waals surface area contributed by atoms with Crippen molar-refractivity contribution in [3.05, 3.63) is 52.5 Å². The summed E-state index contributed by atoms with van der Waals surface area (Å²) in [6, 6.07) is 13.7. The topological polar surface area (TPSA) is 69.2 Å². The maximum Gasteiger partial charge on any atom is 0.247 e. The van der Waals surface area contributed by atoms with Gasteiger partial charge in [-0.05, 0) is 48.2 Å². The fourth-order valence-corrected chi connectivity index (χ4v) is 3.66. The van der Waals surface area contributed by atoms with Crippen molar-refractivity contribution in [3.63, 3.8) is 0 Å². The zero-order chi connectivity index (χ0) is 18.8. The van der Waals surface area contributed by atoms with Crippen LogP contribution in [0.1, 0.15) is 18.7 Å². The van der Waals surface area contributed by atoms with Gasteiger partial charge in [0.1, 0.15) is 5.75 Å². The fourth-order valence-electron chi connectivity index (χ4n) is 2.79. The van der Waals surface area contributed by atoms with Crippen molar-refractivity contribution >= 4 is 33.4 Å². The van der Waals surface area contributed by atoms with Gasteiger partial charge in [-0.2, -0.15) is 4.98 Å². The Morgan fingerprint density at radius 3 is 2.74 bits per heavy atom. The minimum atomic E-state index is -0.409. The first kappa shape index (κ1) is 18.1. The highest BCUT2D eigenvalue weighted by Gasteiger charge is 2.26. The second-order valence-corrected chi connectivity index (χ2v) is 7.93. The molecule has 4 rings (SSSR count). The summed E-state index contributed by atoms with van der Waals surface area (Å²) in [5.41, 5.74) is 3.38. The number of rotatable bonds is 4. The maximum atomic E-state index is 6.23. The Morgan fingerprint density at radius 1 is 1.19 bits per heavy atom. The Balaban J connectivity index is 1.81. The van der Waals surface area contributed by atoms with E-state index >= 15 is 0 Å². The summed E-state index contributed by atoms with van der Waals surface area (Å²) >= 11 is 5.06. The molecule has 0 radical (unpaired) electrons. The van der Waals surface area contributed by atoms with Crippen LogP contribution in [0.2, 0.25) is 0 Å². The lowest BCUT2D eigenvalue weighted by Crippen LogP contribution is -2.17. The van der Waals surface area contributed by atoms with Crippen molar-refractivity contribution in [2.24, 2.45) is 0 Å². The monoisotopic (exact) mass is 444 g/mol. The molecule has 1 aliphatic heterocycles. The minimum Gasteiger partial charge on any atom is -0.497 e. The number of hydrogen-bond acceptors (Lipinski definition) is 7. The van der Waals surface area contributed by atoms with Gasteiger partial charge in [-0.15, -0.1) is 10.2 Å². The van der Waals surface area contributed by atoms with Gasteiger partial charge in [0, 0.05) is 21.3 Å². The normalized spacial score (nSPS) is 15.0. The first-order valence-electron chi connectivity index (χ1n) is 8.42. The van der Waals surface area contributed by atoms with E-state index in [1.54, 1.807) is 7.11 Å². The Bertz CT molecular complexity index is 968. The molecule has 0 amide bonds. The zero-order valence-electron chi connectivity index (χ0n) is 14.8. The summed E-state index contributed by atoms with van der Waals surface area (Å²) in [4.78, 5) is 4.59. The van der Waals surface area contributed by atoms with Crippen LogP contribution in [0.25, 0.3) is 11.3 Å². The molecule has 2 aromatic carbocycles. The lowest BCUT2D eigenvalue weighted by molar-refractivity contribution is 0.225. The summed E-state index contributed by atoms with van der Waals surface area (Å²) in [6.07, 6.45) is -0.409. The zero-order valence-corrected chi connectivity index (χ0v) is 17.2. The lowest BCUT2D eigenvalue weighted by Gasteiger charge is -2.19. The molecule has 6 nitrogen and oxygen atoms in total. The number of nitrogens with one attached hydrogen (secondary N) is 1. The van der Waals surface area contributed by atoms with Gasteiger partial charge >= 0.3 is 0 Å². The first-order valence-corrected chi connectivity index (χ1v) is 10.2. The molecule has 3 aromatic rings. The van der Waals surface area contributed by atoms with Crippen molar-refractivity contribution in [3.8, 4) is 22.9 Å². The number of nitrogens with zero attached hydrogens (tertiary/aromatic N) is 3. The van der Waals surface area contributed by atoms with E-state index in [1.807, 2.05) is 42.5 Å². The SMILES string of the molecule is CCSc1nnc2c(n1)O[C@H](c1ccc(OC)cc1)Nc1ccc(Br)cc1-2. The van der Waals surface area contributed by atoms with Crippen LogP contribution in [-0.2, 0) is 0 Å².